The first-order valence-corrected chi connectivity index (χ1v) is 6.23. The SMILES string of the molecule is C1=CC23C4=CC5CC(=C42)C2C=C5C=C(N2)C13. The second-order valence-corrected chi connectivity index (χ2v) is 5.89. The Morgan fingerprint density at radius 1 is 1.31 bits per heavy atom. The Kier molecular flexibility index (Phi) is 0.727. The molecule has 4 unspecified atom stereocenters. The zero-order chi connectivity index (χ0) is 10.1. The van der Waals surface area contributed by atoms with Gasteiger partial charge in [0.2, 0.25) is 0 Å². The molecule has 2 aliphatic heterocycles. The van der Waals surface area contributed by atoms with E-state index in [-0.39, 0.29) is 0 Å². The Labute approximate surface area is 93.9 Å². The van der Waals surface area contributed by atoms with Crippen LogP contribution in [0, 0.1) is 17.3 Å². The first-order chi connectivity index (χ1) is 7.88. The van der Waals surface area contributed by atoms with Crippen molar-refractivity contribution in [1.82, 2.24) is 5.32 Å². The van der Waals surface area contributed by atoms with Crippen LogP contribution in [0.3, 0.4) is 0 Å². The van der Waals surface area contributed by atoms with Crippen LogP contribution in [0.4, 0.5) is 0 Å². The predicted octanol–water partition coefficient (Wildman–Crippen LogP) is 2.22. The number of nitrogens with one attached hydrogen (secondary N) is 1. The third-order valence-corrected chi connectivity index (χ3v) is 5.38. The van der Waals surface area contributed by atoms with Gasteiger partial charge in [0.05, 0.1) is 11.5 Å². The van der Waals surface area contributed by atoms with Crippen LogP contribution in [0.1, 0.15) is 6.42 Å². The first-order valence-electron chi connectivity index (χ1n) is 6.23. The molecule has 1 N–H and O–H groups in total. The quantitative estimate of drug-likeness (QED) is 0.598. The van der Waals surface area contributed by atoms with Crippen molar-refractivity contribution in [3.05, 3.63) is 58.4 Å². The summed E-state index contributed by atoms with van der Waals surface area (Å²) in [6, 6.07) is 0.525. The maximum Gasteiger partial charge on any atom is 0.0667 e. The Bertz CT molecular complexity index is 640. The molecular formula is C15H11N. The first kappa shape index (κ1) is 6.95. The van der Waals surface area contributed by atoms with Crippen molar-refractivity contribution in [2.45, 2.75) is 12.5 Å². The lowest BCUT2D eigenvalue weighted by Gasteiger charge is -2.39. The number of hydrogen-bond acceptors (Lipinski definition) is 1. The van der Waals surface area contributed by atoms with Gasteiger partial charge >= 0.3 is 0 Å². The fourth-order valence-electron chi connectivity index (χ4n) is 4.60. The normalized spacial score (nSPS) is 51.0. The lowest BCUT2D eigenvalue weighted by atomic mass is 9.72. The van der Waals surface area contributed by atoms with E-state index < -0.39 is 0 Å². The predicted molar refractivity (Wildman–Crippen MR) is 61.4 cm³/mol. The molecule has 0 aromatic heterocycles. The van der Waals surface area contributed by atoms with E-state index in [2.05, 4.69) is 35.7 Å². The minimum absolute atomic E-state index is 0.376. The maximum atomic E-state index is 3.72. The molecule has 6 aliphatic rings. The van der Waals surface area contributed by atoms with E-state index >= 15 is 0 Å². The molecule has 0 amide bonds. The van der Waals surface area contributed by atoms with Gasteiger partial charge in [-0.2, -0.15) is 0 Å². The van der Waals surface area contributed by atoms with Crippen molar-refractivity contribution >= 4 is 0 Å². The third-order valence-electron chi connectivity index (χ3n) is 5.38. The molecule has 16 heavy (non-hydrogen) atoms. The number of rotatable bonds is 0. The summed E-state index contributed by atoms with van der Waals surface area (Å²) in [4.78, 5) is 0. The zero-order valence-corrected chi connectivity index (χ0v) is 8.83. The van der Waals surface area contributed by atoms with Crippen molar-refractivity contribution in [2.75, 3.05) is 0 Å². The summed E-state index contributed by atoms with van der Waals surface area (Å²) >= 11 is 0. The van der Waals surface area contributed by atoms with Crippen molar-refractivity contribution < 1.29 is 0 Å². The molecule has 0 aromatic rings. The Balaban J connectivity index is 1.86. The minimum Gasteiger partial charge on any atom is -0.378 e. The molecule has 6 rings (SSSR count). The van der Waals surface area contributed by atoms with Gasteiger partial charge in [-0.15, -0.1) is 0 Å². The van der Waals surface area contributed by atoms with Crippen LogP contribution < -0.4 is 5.32 Å². The van der Waals surface area contributed by atoms with Crippen molar-refractivity contribution in [3.63, 3.8) is 0 Å². The topological polar surface area (TPSA) is 12.0 Å². The second-order valence-electron chi connectivity index (χ2n) is 5.89. The molecule has 1 saturated carbocycles. The highest BCUT2D eigenvalue weighted by molar-refractivity contribution is 5.79. The summed E-state index contributed by atoms with van der Waals surface area (Å²) in [6.07, 6.45) is 13.5. The van der Waals surface area contributed by atoms with E-state index in [1.807, 2.05) is 0 Å². The number of fused-ring (bicyclic) bond motifs is 4. The monoisotopic (exact) mass is 205 g/mol. The summed E-state index contributed by atoms with van der Waals surface area (Å²) in [5.74, 6) is 1.33. The van der Waals surface area contributed by atoms with Gasteiger partial charge in [-0.05, 0) is 34.8 Å². The van der Waals surface area contributed by atoms with E-state index in [0.717, 1.165) is 0 Å². The van der Waals surface area contributed by atoms with Crippen LogP contribution in [-0.4, -0.2) is 6.04 Å². The highest BCUT2D eigenvalue weighted by Gasteiger charge is 2.67. The van der Waals surface area contributed by atoms with E-state index in [9.17, 15) is 0 Å². The van der Waals surface area contributed by atoms with Crippen LogP contribution in [0.25, 0.3) is 0 Å². The average Bonchev–Trinajstić information content (AvgIpc) is 2.95. The number of hydrogen-bond donors (Lipinski definition) is 1. The number of dihydropyridines is 1. The molecule has 0 aromatic carbocycles. The zero-order valence-electron chi connectivity index (χ0n) is 8.83. The Morgan fingerprint density at radius 3 is 3.19 bits per heavy atom. The van der Waals surface area contributed by atoms with Gasteiger partial charge in [0.15, 0.2) is 0 Å². The molecule has 0 radical (unpaired) electrons. The van der Waals surface area contributed by atoms with Gasteiger partial charge in [-0.25, -0.2) is 0 Å². The summed E-state index contributed by atoms with van der Waals surface area (Å²) in [5.41, 5.74) is 8.49. The molecule has 76 valence electrons. The lowest BCUT2D eigenvalue weighted by Crippen LogP contribution is -2.40. The molecule has 0 saturated heterocycles. The van der Waals surface area contributed by atoms with Gasteiger partial charge in [0, 0.05) is 17.5 Å². The van der Waals surface area contributed by atoms with E-state index in [1.165, 1.54) is 12.1 Å². The average molecular weight is 205 g/mol. The molecule has 2 heterocycles. The molecule has 4 aliphatic carbocycles. The van der Waals surface area contributed by atoms with E-state index in [4.69, 9.17) is 0 Å². The van der Waals surface area contributed by atoms with Gasteiger partial charge < -0.3 is 5.32 Å². The van der Waals surface area contributed by atoms with E-state index in [1.54, 1.807) is 22.3 Å². The fraction of sp³-hybridized carbons (Fsp3) is 0.333. The standard InChI is InChI=1S/C15H11N/c1-2-15-10(1)13-6-8-5-12(16-13)9-3-7(8)4-11(15)14(9)15/h1-2,4-7,10,12,16H,3H2. The van der Waals surface area contributed by atoms with Crippen LogP contribution >= 0.6 is 0 Å². The third kappa shape index (κ3) is 0.452. The van der Waals surface area contributed by atoms with Crippen molar-refractivity contribution in [2.24, 2.45) is 17.3 Å². The van der Waals surface area contributed by atoms with Gasteiger partial charge in [0.1, 0.15) is 0 Å². The van der Waals surface area contributed by atoms with Crippen LogP contribution in [0.2, 0.25) is 0 Å². The summed E-state index contributed by atoms with van der Waals surface area (Å²) in [5, 5.41) is 3.72. The minimum atomic E-state index is 0.376. The molecule has 1 nitrogen and oxygen atoms in total. The molecule has 4 atom stereocenters. The van der Waals surface area contributed by atoms with E-state index in [0.29, 0.717) is 23.3 Å². The summed E-state index contributed by atoms with van der Waals surface area (Å²) < 4.78 is 0. The fourth-order valence-corrected chi connectivity index (χ4v) is 4.60. The van der Waals surface area contributed by atoms with Gasteiger partial charge in [-0.1, -0.05) is 24.3 Å². The molecule has 5 bridgehead atoms. The van der Waals surface area contributed by atoms with Crippen LogP contribution in [0.5, 0.6) is 0 Å². The highest BCUT2D eigenvalue weighted by atomic mass is 15.0. The van der Waals surface area contributed by atoms with Crippen molar-refractivity contribution in [3.8, 4) is 0 Å². The second kappa shape index (κ2) is 1.67. The summed E-state index contributed by atoms with van der Waals surface area (Å²) in [7, 11) is 0. The van der Waals surface area contributed by atoms with Crippen LogP contribution in [0.15, 0.2) is 58.4 Å². The van der Waals surface area contributed by atoms with Crippen LogP contribution in [-0.2, 0) is 0 Å². The molecule has 1 fully saturated rings. The lowest BCUT2D eigenvalue weighted by molar-refractivity contribution is 0.474. The highest BCUT2D eigenvalue weighted by Crippen LogP contribution is 2.75. The molecule has 1 spiro atoms. The summed E-state index contributed by atoms with van der Waals surface area (Å²) in [6.45, 7) is 0. The van der Waals surface area contributed by atoms with Gasteiger partial charge in [-0.3, -0.25) is 0 Å². The smallest absolute Gasteiger partial charge is 0.0667 e. The van der Waals surface area contributed by atoms with Gasteiger partial charge in [0.25, 0.3) is 0 Å². The van der Waals surface area contributed by atoms with Crippen molar-refractivity contribution in [1.29, 1.82) is 0 Å². The Morgan fingerprint density at radius 2 is 2.31 bits per heavy atom. The maximum absolute atomic E-state index is 3.72. The Hall–Kier alpha value is -1.50. The molecule has 1 heteroatoms. The largest absolute Gasteiger partial charge is 0.378 e. The number of allylic oxidation sites excluding steroid dienone is 7. The molecular weight excluding hydrogens is 194 g/mol.